The molecule has 0 atom stereocenters. The second-order valence-corrected chi connectivity index (χ2v) is 11.6. The van der Waals surface area contributed by atoms with Crippen molar-refractivity contribution in [1.82, 2.24) is 10.3 Å². The van der Waals surface area contributed by atoms with Gasteiger partial charge >= 0.3 is 0 Å². The molecule has 202 valence electrons. The van der Waals surface area contributed by atoms with Crippen molar-refractivity contribution < 1.29 is 22.0 Å². The normalized spacial score (nSPS) is 12.8. The van der Waals surface area contributed by atoms with Crippen molar-refractivity contribution in [2.75, 3.05) is 28.8 Å². The number of fused-ring (bicyclic) bond motifs is 1. The van der Waals surface area contributed by atoms with Gasteiger partial charge in [-0.05, 0) is 48.0 Å². The van der Waals surface area contributed by atoms with Crippen LogP contribution in [0.4, 0.5) is 21.6 Å². The van der Waals surface area contributed by atoms with Crippen LogP contribution in [0, 0.1) is 5.82 Å². The van der Waals surface area contributed by atoms with Crippen molar-refractivity contribution in [2.45, 2.75) is 19.7 Å². The van der Waals surface area contributed by atoms with Crippen LogP contribution in [-0.2, 0) is 29.5 Å². The van der Waals surface area contributed by atoms with Gasteiger partial charge in [0.15, 0.2) is 5.88 Å². The highest BCUT2D eigenvalue weighted by Gasteiger charge is 2.19. The van der Waals surface area contributed by atoms with Crippen LogP contribution < -0.4 is 20.3 Å². The molecule has 0 unspecified atom stereocenters. The maximum Gasteiger partial charge on any atom is 0.199 e. The number of hydrogen-bond acceptors (Lipinski definition) is 8. The SMILES string of the molecule is CS(=O)(=O)CCNCc1coc(N2C=Cc3cncc(Nc4ccc(OCc5ccc(F)cc5)cc4)c3C2)c1. The molecule has 1 aliphatic rings. The summed E-state index contributed by atoms with van der Waals surface area (Å²) >= 11 is 0. The van der Waals surface area contributed by atoms with E-state index in [1.54, 1.807) is 24.6 Å². The van der Waals surface area contributed by atoms with Crippen LogP contribution in [0.15, 0.2) is 83.9 Å². The number of benzene rings is 2. The molecule has 0 saturated heterocycles. The average Bonchev–Trinajstić information content (AvgIpc) is 3.40. The monoisotopic (exact) mass is 548 g/mol. The minimum Gasteiger partial charge on any atom is -0.489 e. The number of nitrogens with one attached hydrogen (secondary N) is 2. The number of nitrogens with zero attached hydrogens (tertiary/aromatic N) is 2. The first-order chi connectivity index (χ1) is 18.8. The number of ether oxygens (including phenoxy) is 1. The highest BCUT2D eigenvalue weighted by molar-refractivity contribution is 7.90. The zero-order chi connectivity index (χ0) is 27.2. The standard InChI is InChI=1S/C29H29FN4O4S/c1-39(35,36)13-11-31-15-22-14-29(38-20-22)34-12-10-23-16-32-17-28(27(23)18-34)33-25-6-8-26(9-7-25)37-19-21-2-4-24(30)5-3-21/h2-10,12,14,16-17,20,31,33H,11,13,15,18-19H2,1H3. The van der Waals surface area contributed by atoms with Gasteiger partial charge < -0.3 is 24.7 Å². The molecular weight excluding hydrogens is 519 g/mol. The van der Waals surface area contributed by atoms with Crippen molar-refractivity contribution in [2.24, 2.45) is 0 Å². The molecule has 0 radical (unpaired) electrons. The van der Waals surface area contributed by atoms with Gasteiger partial charge in [-0.1, -0.05) is 12.1 Å². The third-order valence-corrected chi connectivity index (χ3v) is 7.15. The minimum absolute atomic E-state index is 0.0961. The van der Waals surface area contributed by atoms with E-state index in [9.17, 15) is 12.8 Å². The molecule has 0 bridgehead atoms. The van der Waals surface area contributed by atoms with E-state index >= 15 is 0 Å². The molecule has 0 fully saturated rings. The summed E-state index contributed by atoms with van der Waals surface area (Å²) in [5.41, 5.74) is 5.70. The Kier molecular flexibility index (Phi) is 7.94. The maximum atomic E-state index is 13.1. The summed E-state index contributed by atoms with van der Waals surface area (Å²) in [6.45, 7) is 1.85. The fraction of sp³-hybridized carbons (Fsp3) is 0.207. The largest absolute Gasteiger partial charge is 0.489 e. The zero-order valence-corrected chi connectivity index (χ0v) is 22.2. The van der Waals surface area contributed by atoms with E-state index < -0.39 is 9.84 Å². The Hall–Kier alpha value is -4.15. The Morgan fingerprint density at radius 1 is 1.08 bits per heavy atom. The second kappa shape index (κ2) is 11.7. The number of anilines is 3. The summed E-state index contributed by atoms with van der Waals surface area (Å²) in [6, 6.07) is 15.8. The van der Waals surface area contributed by atoms with Crippen LogP contribution in [0.1, 0.15) is 22.3 Å². The van der Waals surface area contributed by atoms with Gasteiger partial charge in [-0.15, -0.1) is 0 Å². The van der Waals surface area contributed by atoms with Crippen molar-refractivity contribution in [3.8, 4) is 5.75 Å². The number of pyridine rings is 1. The second-order valence-electron chi connectivity index (χ2n) is 9.36. The number of aromatic nitrogens is 1. The molecule has 10 heteroatoms. The molecule has 8 nitrogen and oxygen atoms in total. The highest BCUT2D eigenvalue weighted by Crippen LogP contribution is 2.32. The van der Waals surface area contributed by atoms with Gasteiger partial charge in [-0.25, -0.2) is 12.8 Å². The molecule has 0 amide bonds. The predicted molar refractivity (Wildman–Crippen MR) is 150 cm³/mol. The number of hydrogen-bond donors (Lipinski definition) is 2. The van der Waals surface area contributed by atoms with Gasteiger partial charge in [0, 0.05) is 60.2 Å². The van der Waals surface area contributed by atoms with Crippen LogP contribution in [0.25, 0.3) is 6.08 Å². The Labute approximate surface area is 227 Å². The van der Waals surface area contributed by atoms with Crippen molar-refractivity contribution in [1.29, 1.82) is 0 Å². The summed E-state index contributed by atoms with van der Waals surface area (Å²) in [7, 11) is -2.99. The molecule has 2 aromatic carbocycles. The summed E-state index contributed by atoms with van der Waals surface area (Å²) in [5.74, 6) is 1.24. The molecule has 4 aromatic rings. The van der Waals surface area contributed by atoms with Crippen molar-refractivity contribution in [3.63, 3.8) is 0 Å². The van der Waals surface area contributed by atoms with Crippen LogP contribution >= 0.6 is 0 Å². The van der Waals surface area contributed by atoms with Gasteiger partial charge in [0.05, 0.1) is 30.4 Å². The minimum atomic E-state index is -2.99. The lowest BCUT2D eigenvalue weighted by atomic mass is 10.0. The number of halogens is 1. The molecule has 2 N–H and O–H groups in total. The summed E-state index contributed by atoms with van der Waals surface area (Å²) < 4.78 is 47.3. The predicted octanol–water partition coefficient (Wildman–Crippen LogP) is 5.26. The van der Waals surface area contributed by atoms with Crippen LogP contribution in [0.2, 0.25) is 0 Å². The molecular formula is C29H29FN4O4S. The van der Waals surface area contributed by atoms with Gasteiger partial charge in [0.25, 0.3) is 0 Å². The van der Waals surface area contributed by atoms with Crippen LogP contribution in [0.5, 0.6) is 5.75 Å². The van der Waals surface area contributed by atoms with Gasteiger partial charge in [-0.3, -0.25) is 4.98 Å². The summed E-state index contributed by atoms with van der Waals surface area (Å²) in [5, 5.41) is 6.59. The van der Waals surface area contributed by atoms with Gasteiger partial charge in [-0.2, -0.15) is 0 Å². The third kappa shape index (κ3) is 7.24. The Balaban J connectivity index is 1.20. The van der Waals surface area contributed by atoms with E-state index in [-0.39, 0.29) is 11.6 Å². The fourth-order valence-corrected chi connectivity index (χ4v) is 4.62. The molecule has 0 aliphatic carbocycles. The summed E-state index contributed by atoms with van der Waals surface area (Å²) in [6.07, 6.45) is 10.5. The smallest absolute Gasteiger partial charge is 0.199 e. The molecule has 2 aromatic heterocycles. The molecule has 3 heterocycles. The third-order valence-electron chi connectivity index (χ3n) is 6.21. The van der Waals surface area contributed by atoms with Crippen LogP contribution in [0.3, 0.4) is 0 Å². The van der Waals surface area contributed by atoms with E-state index in [1.165, 1.54) is 18.4 Å². The quantitative estimate of drug-likeness (QED) is 0.245. The topological polar surface area (TPSA) is 96.7 Å². The van der Waals surface area contributed by atoms with E-state index in [0.29, 0.717) is 37.9 Å². The maximum absolute atomic E-state index is 13.1. The number of rotatable bonds is 11. The Morgan fingerprint density at radius 3 is 2.64 bits per heavy atom. The fourth-order valence-electron chi connectivity index (χ4n) is 4.11. The van der Waals surface area contributed by atoms with Gasteiger partial charge in [0.1, 0.15) is 28.0 Å². The van der Waals surface area contributed by atoms with Gasteiger partial charge in [0.2, 0.25) is 0 Å². The molecule has 5 rings (SSSR count). The Morgan fingerprint density at radius 2 is 1.87 bits per heavy atom. The number of sulfone groups is 1. The zero-order valence-electron chi connectivity index (χ0n) is 21.4. The highest BCUT2D eigenvalue weighted by atomic mass is 32.2. The van der Waals surface area contributed by atoms with E-state index in [4.69, 9.17) is 9.15 Å². The van der Waals surface area contributed by atoms with E-state index in [0.717, 1.165) is 33.6 Å². The lowest BCUT2D eigenvalue weighted by Gasteiger charge is -2.25. The molecule has 39 heavy (non-hydrogen) atoms. The first kappa shape index (κ1) is 26.5. The molecule has 1 aliphatic heterocycles. The first-order valence-corrected chi connectivity index (χ1v) is 14.5. The average molecular weight is 549 g/mol. The van der Waals surface area contributed by atoms with Crippen molar-refractivity contribution >= 4 is 33.2 Å². The summed E-state index contributed by atoms with van der Waals surface area (Å²) in [4.78, 5) is 6.40. The Bertz CT molecular complexity index is 1550. The van der Waals surface area contributed by atoms with Crippen molar-refractivity contribution in [3.05, 3.63) is 108 Å². The van der Waals surface area contributed by atoms with E-state index in [1.807, 2.05) is 53.7 Å². The lowest BCUT2D eigenvalue weighted by Crippen LogP contribution is -2.22. The number of furan rings is 1. The lowest BCUT2D eigenvalue weighted by molar-refractivity contribution is 0.306. The van der Waals surface area contributed by atoms with Crippen LogP contribution in [-0.4, -0.2) is 32.0 Å². The first-order valence-electron chi connectivity index (χ1n) is 12.4. The molecule has 0 spiro atoms. The van der Waals surface area contributed by atoms with E-state index in [2.05, 4.69) is 15.6 Å². The molecule has 0 saturated carbocycles.